The van der Waals surface area contributed by atoms with Crippen LogP contribution in [0.15, 0.2) is 54.2 Å². The van der Waals surface area contributed by atoms with Crippen LogP contribution in [0.4, 0.5) is 5.69 Å². The molecule has 3 rings (SSSR count). The molecule has 1 saturated heterocycles. The van der Waals surface area contributed by atoms with Gasteiger partial charge in [-0.2, -0.15) is 0 Å². The van der Waals surface area contributed by atoms with Gasteiger partial charge in [-0.1, -0.05) is 18.2 Å². The molecule has 0 spiro atoms. The van der Waals surface area contributed by atoms with E-state index in [1.54, 1.807) is 26.4 Å². The quantitative estimate of drug-likeness (QED) is 0.685. The topological polar surface area (TPSA) is 50.8 Å². The lowest BCUT2D eigenvalue weighted by atomic mass is 10.2. The van der Waals surface area contributed by atoms with Crippen molar-refractivity contribution < 1.29 is 14.3 Å². The van der Waals surface area contributed by atoms with Crippen LogP contribution in [0, 0.1) is 0 Å². The highest BCUT2D eigenvalue weighted by Gasteiger charge is 2.32. The van der Waals surface area contributed by atoms with E-state index in [0.29, 0.717) is 22.2 Å². The van der Waals surface area contributed by atoms with E-state index in [-0.39, 0.29) is 5.91 Å². The normalized spacial score (nSPS) is 15.6. The number of hydrogen-bond donors (Lipinski definition) is 1. The van der Waals surface area contributed by atoms with E-state index < -0.39 is 0 Å². The molecule has 0 aromatic heterocycles. The maximum atomic E-state index is 12.7. The Bertz CT molecular complexity index is 815. The first-order valence-electron chi connectivity index (χ1n) is 7.27. The number of thiocarbonyl (C=S) groups is 1. The Kier molecular flexibility index (Phi) is 4.48. The van der Waals surface area contributed by atoms with Gasteiger partial charge in [0.05, 0.1) is 19.9 Å². The Morgan fingerprint density at radius 3 is 2.42 bits per heavy atom. The van der Waals surface area contributed by atoms with Gasteiger partial charge in [0.25, 0.3) is 5.91 Å². The van der Waals surface area contributed by atoms with Crippen LogP contribution in [-0.2, 0) is 4.79 Å². The fourth-order valence-electron chi connectivity index (χ4n) is 2.39. The molecule has 0 unspecified atom stereocenters. The summed E-state index contributed by atoms with van der Waals surface area (Å²) in [5.74, 6) is 1.22. The molecule has 6 heteroatoms. The Labute approximate surface area is 145 Å². The molecule has 0 radical (unpaired) electrons. The van der Waals surface area contributed by atoms with E-state index >= 15 is 0 Å². The van der Waals surface area contributed by atoms with Crippen LogP contribution >= 0.6 is 12.2 Å². The van der Waals surface area contributed by atoms with Gasteiger partial charge in [-0.3, -0.25) is 9.69 Å². The van der Waals surface area contributed by atoms with Crippen LogP contribution in [0.2, 0.25) is 0 Å². The Hall–Kier alpha value is -2.86. The number of ether oxygens (including phenoxy) is 2. The van der Waals surface area contributed by atoms with Gasteiger partial charge in [-0.25, -0.2) is 0 Å². The van der Waals surface area contributed by atoms with Crippen molar-refractivity contribution in [2.45, 2.75) is 0 Å². The molecule has 24 heavy (non-hydrogen) atoms. The first-order valence-corrected chi connectivity index (χ1v) is 7.68. The van der Waals surface area contributed by atoms with Gasteiger partial charge >= 0.3 is 0 Å². The molecule has 0 bridgehead atoms. The molecule has 1 fully saturated rings. The third-order valence-electron chi connectivity index (χ3n) is 3.62. The van der Waals surface area contributed by atoms with Crippen LogP contribution in [0.3, 0.4) is 0 Å². The minimum atomic E-state index is -0.205. The predicted molar refractivity (Wildman–Crippen MR) is 97.2 cm³/mol. The van der Waals surface area contributed by atoms with Crippen molar-refractivity contribution in [3.05, 3.63) is 59.8 Å². The van der Waals surface area contributed by atoms with Crippen molar-refractivity contribution in [2.24, 2.45) is 0 Å². The number of benzene rings is 2. The lowest BCUT2D eigenvalue weighted by Crippen LogP contribution is -2.30. The molecule has 1 heterocycles. The third-order valence-corrected chi connectivity index (χ3v) is 3.90. The highest BCUT2D eigenvalue weighted by molar-refractivity contribution is 7.80. The van der Waals surface area contributed by atoms with Gasteiger partial charge in [0.2, 0.25) is 0 Å². The monoisotopic (exact) mass is 340 g/mol. The summed E-state index contributed by atoms with van der Waals surface area (Å²) in [6.07, 6.45) is 1.76. The molecule has 1 aliphatic heterocycles. The molecule has 1 amide bonds. The van der Waals surface area contributed by atoms with Crippen molar-refractivity contribution in [3.63, 3.8) is 0 Å². The zero-order valence-corrected chi connectivity index (χ0v) is 14.1. The summed E-state index contributed by atoms with van der Waals surface area (Å²) >= 11 is 5.30. The van der Waals surface area contributed by atoms with Gasteiger partial charge in [0.15, 0.2) is 5.11 Å². The lowest BCUT2D eigenvalue weighted by Gasteiger charge is -2.14. The number of rotatable bonds is 4. The van der Waals surface area contributed by atoms with Gasteiger partial charge < -0.3 is 14.8 Å². The molecule has 0 saturated carbocycles. The van der Waals surface area contributed by atoms with E-state index in [4.69, 9.17) is 21.7 Å². The lowest BCUT2D eigenvalue weighted by molar-refractivity contribution is -0.113. The first-order chi connectivity index (χ1) is 11.6. The zero-order chi connectivity index (χ0) is 17.1. The largest absolute Gasteiger partial charge is 0.497 e. The molecule has 2 aromatic carbocycles. The van der Waals surface area contributed by atoms with E-state index in [2.05, 4.69) is 5.32 Å². The Balaban J connectivity index is 1.89. The SMILES string of the molecule is COc1ccc(/C=C2\NC(=S)N(c3cccc(OC)c3)C2=O)cc1. The van der Waals surface area contributed by atoms with E-state index in [0.717, 1.165) is 11.3 Å². The highest BCUT2D eigenvalue weighted by Crippen LogP contribution is 2.26. The van der Waals surface area contributed by atoms with Gasteiger partial charge in [0, 0.05) is 6.07 Å². The number of nitrogens with one attached hydrogen (secondary N) is 1. The van der Waals surface area contributed by atoms with Crippen LogP contribution < -0.4 is 19.7 Å². The molecular weight excluding hydrogens is 324 g/mol. The summed E-state index contributed by atoms with van der Waals surface area (Å²) in [4.78, 5) is 14.1. The second-order valence-electron chi connectivity index (χ2n) is 5.10. The average Bonchev–Trinajstić information content (AvgIpc) is 2.89. The smallest absolute Gasteiger partial charge is 0.281 e. The number of nitrogens with zero attached hydrogens (tertiary/aromatic N) is 1. The van der Waals surface area contributed by atoms with Crippen molar-refractivity contribution >= 4 is 35.0 Å². The van der Waals surface area contributed by atoms with Crippen LogP contribution in [0.1, 0.15) is 5.56 Å². The van der Waals surface area contributed by atoms with Crippen molar-refractivity contribution in [2.75, 3.05) is 19.1 Å². The zero-order valence-electron chi connectivity index (χ0n) is 13.3. The Morgan fingerprint density at radius 2 is 1.75 bits per heavy atom. The molecule has 2 aromatic rings. The third kappa shape index (κ3) is 3.09. The summed E-state index contributed by atoms with van der Waals surface area (Å²) in [6.45, 7) is 0. The Morgan fingerprint density at radius 1 is 1.04 bits per heavy atom. The van der Waals surface area contributed by atoms with Gasteiger partial charge in [-0.15, -0.1) is 0 Å². The molecule has 1 N–H and O–H groups in total. The molecule has 0 atom stereocenters. The minimum Gasteiger partial charge on any atom is -0.497 e. The average molecular weight is 340 g/mol. The highest BCUT2D eigenvalue weighted by atomic mass is 32.1. The second kappa shape index (κ2) is 6.72. The molecule has 1 aliphatic rings. The molecule has 122 valence electrons. The first kappa shape index (κ1) is 16.0. The van der Waals surface area contributed by atoms with Crippen molar-refractivity contribution in [1.82, 2.24) is 5.32 Å². The fraction of sp³-hybridized carbons (Fsp3) is 0.111. The molecule has 0 aliphatic carbocycles. The molecule has 5 nitrogen and oxygen atoms in total. The summed E-state index contributed by atoms with van der Waals surface area (Å²) in [5, 5.41) is 3.30. The number of amides is 1. The molecular formula is C18H16N2O3S. The number of anilines is 1. The summed E-state index contributed by atoms with van der Waals surface area (Å²) in [7, 11) is 3.19. The van der Waals surface area contributed by atoms with E-state index in [1.807, 2.05) is 42.5 Å². The van der Waals surface area contributed by atoms with Crippen LogP contribution in [-0.4, -0.2) is 25.2 Å². The van der Waals surface area contributed by atoms with Gasteiger partial charge in [0.1, 0.15) is 17.2 Å². The maximum absolute atomic E-state index is 12.7. The number of carbonyl (C=O) groups excluding carboxylic acids is 1. The summed E-state index contributed by atoms with van der Waals surface area (Å²) in [5.41, 5.74) is 1.96. The number of hydrogen-bond acceptors (Lipinski definition) is 4. The van der Waals surface area contributed by atoms with Crippen LogP contribution in [0.5, 0.6) is 11.5 Å². The number of carbonyl (C=O) groups is 1. The summed E-state index contributed by atoms with van der Waals surface area (Å²) < 4.78 is 10.3. The second-order valence-corrected chi connectivity index (χ2v) is 5.49. The fourth-order valence-corrected chi connectivity index (χ4v) is 2.68. The predicted octanol–water partition coefficient (Wildman–Crippen LogP) is 2.97. The van der Waals surface area contributed by atoms with Crippen molar-refractivity contribution in [1.29, 1.82) is 0 Å². The van der Waals surface area contributed by atoms with E-state index in [1.165, 1.54) is 4.90 Å². The standard InChI is InChI=1S/C18H16N2O3S/c1-22-14-8-6-12(7-9-14)10-16-17(21)20(18(24)19-16)13-4-3-5-15(11-13)23-2/h3-11H,1-2H3,(H,19,24)/b16-10-. The van der Waals surface area contributed by atoms with Crippen molar-refractivity contribution in [3.8, 4) is 11.5 Å². The number of methoxy groups -OCH3 is 2. The maximum Gasteiger partial charge on any atom is 0.281 e. The van der Waals surface area contributed by atoms with Gasteiger partial charge in [-0.05, 0) is 48.1 Å². The minimum absolute atomic E-state index is 0.205. The van der Waals surface area contributed by atoms with E-state index in [9.17, 15) is 4.79 Å². The van der Waals surface area contributed by atoms with Crippen LogP contribution in [0.25, 0.3) is 6.08 Å². The summed E-state index contributed by atoms with van der Waals surface area (Å²) in [6, 6.07) is 14.6.